The zero-order valence-electron chi connectivity index (χ0n) is 10.2. The van der Waals surface area contributed by atoms with E-state index in [9.17, 15) is 14.9 Å². The van der Waals surface area contributed by atoms with E-state index in [1.807, 2.05) is 0 Å². The summed E-state index contributed by atoms with van der Waals surface area (Å²) in [4.78, 5) is 21.8. The summed E-state index contributed by atoms with van der Waals surface area (Å²) >= 11 is 1.23. The van der Waals surface area contributed by atoms with E-state index in [-0.39, 0.29) is 11.3 Å². The number of nitro benzene ring substituents is 1. The minimum atomic E-state index is -0.532. The molecule has 1 aromatic carbocycles. The molecule has 8 nitrogen and oxygen atoms in total. The van der Waals surface area contributed by atoms with Gasteiger partial charge in [0.25, 0.3) is 5.69 Å². The molecule has 1 aliphatic rings. The van der Waals surface area contributed by atoms with Crippen LogP contribution in [0.4, 0.5) is 5.69 Å². The van der Waals surface area contributed by atoms with Gasteiger partial charge in [-0.15, -0.1) is 5.10 Å². The highest BCUT2D eigenvalue weighted by atomic mass is 32.2. The van der Waals surface area contributed by atoms with Crippen LogP contribution in [-0.2, 0) is 0 Å². The van der Waals surface area contributed by atoms with Crippen molar-refractivity contribution >= 4 is 23.7 Å². The molecule has 102 valence electrons. The first-order chi connectivity index (χ1) is 9.69. The lowest BCUT2D eigenvalue weighted by atomic mass is 10.2. The van der Waals surface area contributed by atoms with E-state index in [4.69, 9.17) is 0 Å². The molecule has 0 unspecified atom stereocenters. The Kier molecular flexibility index (Phi) is 3.18. The molecule has 0 N–H and O–H groups in total. The van der Waals surface area contributed by atoms with E-state index >= 15 is 0 Å². The number of rotatable bonds is 5. The number of benzene rings is 1. The van der Waals surface area contributed by atoms with Crippen LogP contribution in [0, 0.1) is 10.1 Å². The maximum absolute atomic E-state index is 11.1. The molecule has 1 aromatic heterocycles. The Morgan fingerprint density at radius 3 is 2.90 bits per heavy atom. The highest BCUT2D eigenvalue weighted by Crippen LogP contribution is 2.38. The summed E-state index contributed by atoms with van der Waals surface area (Å²) in [5.74, 6) is 0. The highest BCUT2D eigenvalue weighted by Gasteiger charge is 2.28. The number of carbonyl (C=O) groups excluding carboxylic acids is 1. The molecular formula is C11H9N5O3S. The van der Waals surface area contributed by atoms with Crippen molar-refractivity contribution in [1.82, 2.24) is 20.2 Å². The number of non-ortho nitro benzene ring substituents is 1. The molecule has 0 aliphatic heterocycles. The molecule has 0 amide bonds. The van der Waals surface area contributed by atoms with Gasteiger partial charge < -0.3 is 0 Å². The Labute approximate surface area is 117 Å². The number of carbonyl (C=O) groups is 1. The zero-order chi connectivity index (χ0) is 14.1. The minimum absolute atomic E-state index is 0.113. The summed E-state index contributed by atoms with van der Waals surface area (Å²) in [7, 11) is 0. The van der Waals surface area contributed by atoms with Crippen molar-refractivity contribution in [2.75, 3.05) is 0 Å². The monoisotopic (exact) mass is 291 g/mol. The van der Waals surface area contributed by atoms with Crippen LogP contribution in [0.15, 0.2) is 28.3 Å². The van der Waals surface area contributed by atoms with Gasteiger partial charge in [0.2, 0.25) is 5.16 Å². The first kappa shape index (κ1) is 12.7. The Hall–Kier alpha value is -2.29. The molecule has 0 radical (unpaired) electrons. The third kappa shape index (κ3) is 2.39. The van der Waals surface area contributed by atoms with Gasteiger partial charge >= 0.3 is 0 Å². The van der Waals surface area contributed by atoms with Crippen molar-refractivity contribution in [2.24, 2.45) is 0 Å². The quantitative estimate of drug-likeness (QED) is 0.470. The average Bonchev–Trinajstić information content (AvgIpc) is 3.19. The third-order valence-corrected chi connectivity index (χ3v) is 3.93. The third-order valence-electron chi connectivity index (χ3n) is 2.89. The molecule has 0 bridgehead atoms. The van der Waals surface area contributed by atoms with Gasteiger partial charge in [-0.25, -0.2) is 4.68 Å². The van der Waals surface area contributed by atoms with Gasteiger partial charge in [0.05, 0.1) is 11.0 Å². The van der Waals surface area contributed by atoms with Crippen molar-refractivity contribution in [3.8, 4) is 0 Å². The van der Waals surface area contributed by atoms with Gasteiger partial charge in [-0.05, 0) is 41.1 Å². The molecule has 1 saturated carbocycles. The van der Waals surface area contributed by atoms with Crippen LogP contribution in [0.1, 0.15) is 29.2 Å². The lowest BCUT2D eigenvalue weighted by Gasteiger charge is -2.04. The van der Waals surface area contributed by atoms with Gasteiger partial charge in [-0.2, -0.15) is 0 Å². The molecule has 1 aliphatic carbocycles. The van der Waals surface area contributed by atoms with Crippen LogP contribution in [0.25, 0.3) is 0 Å². The summed E-state index contributed by atoms with van der Waals surface area (Å²) in [6.07, 6.45) is 2.68. The second kappa shape index (κ2) is 5.00. The smallest absolute Gasteiger partial charge is 0.270 e. The second-order valence-corrected chi connectivity index (χ2v) is 5.35. The molecule has 2 aromatic rings. The number of aldehydes is 1. The number of nitro groups is 1. The van der Waals surface area contributed by atoms with Gasteiger partial charge in [0, 0.05) is 22.6 Å². The van der Waals surface area contributed by atoms with E-state index in [1.165, 1.54) is 23.9 Å². The molecule has 0 spiro atoms. The van der Waals surface area contributed by atoms with Crippen LogP contribution in [0.2, 0.25) is 0 Å². The van der Waals surface area contributed by atoms with E-state index in [0.29, 0.717) is 22.4 Å². The van der Waals surface area contributed by atoms with Crippen molar-refractivity contribution in [3.05, 3.63) is 33.9 Å². The number of tetrazole rings is 1. The highest BCUT2D eigenvalue weighted by molar-refractivity contribution is 7.99. The zero-order valence-corrected chi connectivity index (χ0v) is 11.0. The molecule has 20 heavy (non-hydrogen) atoms. The lowest BCUT2D eigenvalue weighted by Crippen LogP contribution is -1.99. The largest absolute Gasteiger partial charge is 0.298 e. The summed E-state index contributed by atoms with van der Waals surface area (Å²) in [6.45, 7) is 0. The van der Waals surface area contributed by atoms with Crippen molar-refractivity contribution < 1.29 is 9.72 Å². The first-order valence-electron chi connectivity index (χ1n) is 5.88. The maximum Gasteiger partial charge on any atom is 0.270 e. The number of aromatic nitrogens is 4. The maximum atomic E-state index is 11.1. The Morgan fingerprint density at radius 2 is 2.25 bits per heavy atom. The van der Waals surface area contributed by atoms with E-state index < -0.39 is 4.92 Å². The van der Waals surface area contributed by atoms with Crippen LogP contribution in [-0.4, -0.2) is 31.4 Å². The standard InChI is InChI=1S/C11H9N5O3S/c17-6-7-5-9(16(18)19)3-4-10(7)20-11-12-13-14-15(11)8-1-2-8/h3-6,8H,1-2H2. The molecule has 1 heterocycles. The molecule has 3 rings (SSSR count). The molecule has 0 atom stereocenters. The van der Waals surface area contributed by atoms with Gasteiger partial charge in [0.1, 0.15) is 0 Å². The predicted molar refractivity (Wildman–Crippen MR) is 68.7 cm³/mol. The van der Waals surface area contributed by atoms with E-state index in [1.54, 1.807) is 10.7 Å². The van der Waals surface area contributed by atoms with E-state index in [0.717, 1.165) is 12.8 Å². The molecular weight excluding hydrogens is 282 g/mol. The number of nitrogens with zero attached hydrogens (tertiary/aromatic N) is 5. The first-order valence-corrected chi connectivity index (χ1v) is 6.70. The molecule has 9 heteroatoms. The summed E-state index contributed by atoms with van der Waals surface area (Å²) in [5.41, 5.74) is 0.146. The Balaban J connectivity index is 1.91. The topological polar surface area (TPSA) is 104 Å². The second-order valence-electron chi connectivity index (χ2n) is 4.34. The van der Waals surface area contributed by atoms with Crippen molar-refractivity contribution in [2.45, 2.75) is 28.9 Å². The average molecular weight is 291 g/mol. The fraction of sp³-hybridized carbons (Fsp3) is 0.273. The summed E-state index contributed by atoms with van der Waals surface area (Å²) < 4.78 is 1.72. The van der Waals surface area contributed by atoms with Crippen molar-refractivity contribution in [1.29, 1.82) is 0 Å². The van der Waals surface area contributed by atoms with Gasteiger partial charge in [-0.1, -0.05) is 0 Å². The lowest BCUT2D eigenvalue weighted by molar-refractivity contribution is -0.384. The summed E-state index contributed by atoms with van der Waals surface area (Å²) in [5, 5.41) is 22.7. The fourth-order valence-corrected chi connectivity index (χ4v) is 2.65. The van der Waals surface area contributed by atoms with Crippen LogP contribution in [0.3, 0.4) is 0 Å². The van der Waals surface area contributed by atoms with Gasteiger partial charge in [-0.3, -0.25) is 14.9 Å². The van der Waals surface area contributed by atoms with Crippen molar-refractivity contribution in [3.63, 3.8) is 0 Å². The Bertz CT molecular complexity index is 682. The van der Waals surface area contributed by atoms with Crippen LogP contribution >= 0.6 is 11.8 Å². The van der Waals surface area contributed by atoms with Gasteiger partial charge in [0.15, 0.2) is 6.29 Å². The molecule has 1 fully saturated rings. The van der Waals surface area contributed by atoms with Crippen LogP contribution < -0.4 is 0 Å². The SMILES string of the molecule is O=Cc1cc([N+](=O)[O-])ccc1Sc1nnnn1C1CC1. The number of hydrogen-bond acceptors (Lipinski definition) is 7. The summed E-state index contributed by atoms with van der Waals surface area (Å²) in [6, 6.07) is 4.48. The Morgan fingerprint density at radius 1 is 1.45 bits per heavy atom. The fourth-order valence-electron chi connectivity index (χ4n) is 1.73. The van der Waals surface area contributed by atoms with E-state index in [2.05, 4.69) is 15.5 Å². The normalized spacial score (nSPS) is 14.2. The minimum Gasteiger partial charge on any atom is -0.298 e. The predicted octanol–water partition coefficient (Wildman–Crippen LogP) is 1.88. The molecule has 0 saturated heterocycles. The van der Waals surface area contributed by atoms with Crippen LogP contribution in [0.5, 0.6) is 0 Å². The number of hydrogen-bond donors (Lipinski definition) is 0.